The maximum Gasteiger partial charge on any atom is 0.323 e. The van der Waals surface area contributed by atoms with E-state index in [0.29, 0.717) is 27.6 Å². The number of halogens is 2. The first-order valence-electron chi connectivity index (χ1n) is 16.0. The zero-order valence-electron chi connectivity index (χ0n) is 28.6. The Hall–Kier alpha value is -6.19. The Balaban J connectivity index is 1.62. The summed E-state index contributed by atoms with van der Waals surface area (Å²) in [4.78, 5) is 61.5. The van der Waals surface area contributed by atoms with Gasteiger partial charge in [-0.1, -0.05) is 29.3 Å². The van der Waals surface area contributed by atoms with E-state index in [4.69, 9.17) is 37.1 Å². The van der Waals surface area contributed by atoms with Gasteiger partial charge in [-0.25, -0.2) is 0 Å². The number of rotatable bonds is 16. The third-order valence-electron chi connectivity index (χ3n) is 8.12. The van der Waals surface area contributed by atoms with E-state index in [0.717, 1.165) is 15.4 Å². The third-order valence-corrected chi connectivity index (χ3v) is 8.71. The molecule has 0 fully saturated rings. The summed E-state index contributed by atoms with van der Waals surface area (Å²) in [6.45, 7) is 0.392. The van der Waals surface area contributed by atoms with E-state index in [1.54, 1.807) is 38.1 Å². The van der Waals surface area contributed by atoms with Crippen molar-refractivity contribution < 1.29 is 58.6 Å². The van der Waals surface area contributed by atoms with Gasteiger partial charge in [-0.2, -0.15) is 0 Å². The second-order valence-electron chi connectivity index (χ2n) is 12.1. The number of benzene rings is 4. The lowest BCUT2D eigenvalue weighted by Crippen LogP contribution is -2.35. The highest BCUT2D eigenvalue weighted by Crippen LogP contribution is 2.46. The summed E-state index contributed by atoms with van der Waals surface area (Å²) in [5.74, 6) is -5.11. The highest BCUT2D eigenvalue weighted by molar-refractivity contribution is 6.33. The molecule has 0 aromatic heterocycles. The van der Waals surface area contributed by atoms with Gasteiger partial charge in [0.2, 0.25) is 5.43 Å². The number of aryl methyl sites for hydroxylation is 2. The molecule has 1 aliphatic heterocycles. The number of hydrogen-bond acceptors (Lipinski definition) is 11. The minimum Gasteiger partial charge on any atom is -0.506 e. The molecular formula is C37H32Cl2N2O13. The molecule has 282 valence electrons. The summed E-state index contributed by atoms with van der Waals surface area (Å²) in [5, 5.41) is 48.8. The predicted octanol–water partition coefficient (Wildman–Crippen LogP) is 5.60. The largest absolute Gasteiger partial charge is 0.506 e. The van der Waals surface area contributed by atoms with E-state index >= 15 is 0 Å². The van der Waals surface area contributed by atoms with E-state index in [9.17, 15) is 49.5 Å². The number of carboxylic acids is 4. The van der Waals surface area contributed by atoms with Crippen molar-refractivity contribution in [2.45, 2.75) is 13.8 Å². The molecular weight excluding hydrogens is 751 g/mol. The van der Waals surface area contributed by atoms with Gasteiger partial charge in [0.15, 0.2) is 0 Å². The number of ether oxygens (including phenoxy) is 2. The first-order chi connectivity index (χ1) is 25.5. The van der Waals surface area contributed by atoms with Gasteiger partial charge in [0.1, 0.15) is 68.0 Å². The highest BCUT2D eigenvalue weighted by atomic mass is 35.5. The van der Waals surface area contributed by atoms with Gasteiger partial charge in [-0.05, 0) is 66.9 Å². The highest BCUT2D eigenvalue weighted by Gasteiger charge is 2.26. The van der Waals surface area contributed by atoms with Crippen LogP contribution in [0.1, 0.15) is 11.1 Å². The van der Waals surface area contributed by atoms with Crippen LogP contribution in [0.2, 0.25) is 10.0 Å². The second kappa shape index (κ2) is 16.2. The summed E-state index contributed by atoms with van der Waals surface area (Å²) < 4.78 is 18.1. The fraction of sp³-hybridized carbons (Fsp3) is 0.216. The maximum atomic E-state index is 12.5. The van der Waals surface area contributed by atoms with Crippen molar-refractivity contribution >= 4 is 69.4 Å². The number of aromatic hydroxyl groups is 1. The molecule has 0 spiro atoms. The maximum absolute atomic E-state index is 12.5. The standard InChI is InChI=1S/C37H32Cl2N2O13/c1-18-3-4-25(40(14-33(44)45)15-34(46)47)31(7-18)52-5-6-53-32-11-20(19(2)8-26(32)41(16-35(48)49)17-36(50)51)37-21-9-23(38)27(42)12-29(21)54-30-13-28(43)24(39)10-22(30)37/h3-4,7-13,42H,5-6,14-17H2,1-2H3,(H,44,45)(H,46,47)(H,48,49)(H,50,51). The molecule has 0 amide bonds. The van der Waals surface area contributed by atoms with Crippen LogP contribution in [0.15, 0.2) is 63.8 Å². The van der Waals surface area contributed by atoms with E-state index in [1.165, 1.54) is 30.3 Å². The van der Waals surface area contributed by atoms with Crippen LogP contribution in [0.25, 0.3) is 33.4 Å². The van der Waals surface area contributed by atoms with E-state index in [1.807, 2.05) is 0 Å². The Kier molecular flexibility index (Phi) is 11.7. The van der Waals surface area contributed by atoms with Crippen molar-refractivity contribution in [2.24, 2.45) is 0 Å². The molecule has 5 rings (SSSR count). The first-order valence-corrected chi connectivity index (χ1v) is 16.7. The lowest BCUT2D eigenvalue weighted by molar-refractivity contribution is -0.138. The van der Waals surface area contributed by atoms with Crippen molar-refractivity contribution in [2.75, 3.05) is 49.2 Å². The van der Waals surface area contributed by atoms with Gasteiger partial charge in [-0.15, -0.1) is 0 Å². The molecule has 54 heavy (non-hydrogen) atoms. The SMILES string of the molecule is Cc1ccc(N(CC(=O)O)CC(=O)O)c(OCCOc2cc(-c3c4cc(Cl)c(=O)cc-4oc4cc(O)c(Cl)cc34)c(C)cc2N(CC(=O)O)CC(=O)O)c1. The minimum atomic E-state index is -1.31. The average Bonchev–Trinajstić information content (AvgIpc) is 3.06. The van der Waals surface area contributed by atoms with Crippen molar-refractivity contribution in [1.82, 2.24) is 0 Å². The molecule has 0 atom stereocenters. The van der Waals surface area contributed by atoms with E-state index in [2.05, 4.69) is 0 Å². The number of carbonyl (C=O) groups is 4. The number of aliphatic carboxylic acids is 4. The number of nitrogens with zero attached hydrogens (tertiary/aromatic N) is 2. The van der Waals surface area contributed by atoms with Crippen LogP contribution in [-0.4, -0.2) is 88.8 Å². The Bertz CT molecular complexity index is 2290. The number of phenolic OH excluding ortho intramolecular Hbond substituents is 1. The van der Waals surface area contributed by atoms with Gasteiger partial charge in [0, 0.05) is 28.6 Å². The molecule has 0 unspecified atom stereocenters. The quantitative estimate of drug-likeness (QED) is 0.0606. The van der Waals surface area contributed by atoms with E-state index in [-0.39, 0.29) is 63.2 Å². The van der Waals surface area contributed by atoms with Gasteiger partial charge >= 0.3 is 23.9 Å². The number of phenols is 1. The third kappa shape index (κ3) is 8.87. The van der Waals surface area contributed by atoms with Crippen molar-refractivity contribution in [3.8, 4) is 39.7 Å². The van der Waals surface area contributed by atoms with Crippen LogP contribution >= 0.6 is 23.2 Å². The van der Waals surface area contributed by atoms with Gasteiger partial charge in [0.05, 0.1) is 21.4 Å². The molecule has 1 heterocycles. The Morgan fingerprint density at radius 2 is 1.24 bits per heavy atom. The van der Waals surface area contributed by atoms with Crippen LogP contribution in [-0.2, 0) is 19.2 Å². The zero-order valence-corrected chi connectivity index (χ0v) is 30.1. The summed E-state index contributed by atoms with van der Waals surface area (Å²) in [6, 6.07) is 13.2. The molecule has 3 aromatic rings. The van der Waals surface area contributed by atoms with Crippen LogP contribution in [0.3, 0.4) is 0 Å². The van der Waals surface area contributed by atoms with E-state index < -0.39 is 55.5 Å². The lowest BCUT2D eigenvalue weighted by Gasteiger charge is -2.26. The number of hydrogen-bond donors (Lipinski definition) is 5. The summed E-state index contributed by atoms with van der Waals surface area (Å²) >= 11 is 12.6. The van der Waals surface area contributed by atoms with Crippen molar-refractivity contribution in [3.63, 3.8) is 0 Å². The Morgan fingerprint density at radius 3 is 1.81 bits per heavy atom. The zero-order chi connectivity index (χ0) is 39.4. The van der Waals surface area contributed by atoms with Gasteiger partial charge in [0.25, 0.3) is 0 Å². The topological polar surface area (TPSA) is 225 Å². The second-order valence-corrected chi connectivity index (χ2v) is 13.0. The van der Waals surface area contributed by atoms with Crippen LogP contribution in [0.4, 0.5) is 11.4 Å². The molecule has 3 aromatic carbocycles. The number of fused-ring (bicyclic) bond motifs is 2. The number of anilines is 2. The Morgan fingerprint density at radius 1 is 0.685 bits per heavy atom. The summed E-state index contributed by atoms with van der Waals surface area (Å²) in [7, 11) is 0. The lowest BCUT2D eigenvalue weighted by atomic mass is 9.90. The van der Waals surface area contributed by atoms with Crippen LogP contribution in [0, 0.1) is 13.8 Å². The molecule has 0 bridgehead atoms. The molecule has 0 saturated carbocycles. The predicted molar refractivity (Wildman–Crippen MR) is 198 cm³/mol. The average molecular weight is 784 g/mol. The van der Waals surface area contributed by atoms with Gasteiger partial charge in [-0.3, -0.25) is 24.0 Å². The van der Waals surface area contributed by atoms with Crippen molar-refractivity contribution in [1.29, 1.82) is 0 Å². The molecule has 0 saturated heterocycles. The molecule has 5 N–H and O–H groups in total. The molecule has 1 aliphatic carbocycles. The van der Waals surface area contributed by atoms with Gasteiger partial charge < -0.3 is 49.2 Å². The number of carboxylic acid groups (broad SMARTS) is 4. The molecule has 15 nitrogen and oxygen atoms in total. The minimum absolute atomic E-state index is 0.0115. The fourth-order valence-corrected chi connectivity index (χ4v) is 6.23. The molecule has 17 heteroatoms. The fourth-order valence-electron chi connectivity index (χ4n) is 5.90. The monoisotopic (exact) mass is 782 g/mol. The normalized spacial score (nSPS) is 11.0. The summed E-state index contributed by atoms with van der Waals surface area (Å²) in [5.41, 5.74) is 2.49. The smallest absolute Gasteiger partial charge is 0.323 e. The molecule has 2 aliphatic rings. The summed E-state index contributed by atoms with van der Waals surface area (Å²) in [6.07, 6.45) is 0. The first kappa shape index (κ1) is 39.0. The molecule has 0 radical (unpaired) electrons. The van der Waals surface area contributed by atoms with Crippen molar-refractivity contribution in [3.05, 3.63) is 86.0 Å². The Labute approximate surface area is 316 Å². The van der Waals surface area contributed by atoms with Crippen LogP contribution < -0.4 is 24.7 Å². The van der Waals surface area contributed by atoms with Crippen LogP contribution in [0.5, 0.6) is 17.2 Å².